The van der Waals surface area contributed by atoms with E-state index in [2.05, 4.69) is 11.0 Å². The average Bonchev–Trinajstić information content (AvgIpc) is 3.13. The van der Waals surface area contributed by atoms with Crippen LogP contribution in [0.5, 0.6) is 0 Å². The number of rotatable bonds is 1. The maximum absolute atomic E-state index is 12.9. The van der Waals surface area contributed by atoms with Crippen LogP contribution in [-0.4, -0.2) is 41.5 Å². The summed E-state index contributed by atoms with van der Waals surface area (Å²) in [4.78, 5) is 27.3. The summed E-state index contributed by atoms with van der Waals surface area (Å²) in [6.07, 6.45) is 3.06. The van der Waals surface area contributed by atoms with Gasteiger partial charge < -0.3 is 14.4 Å². The van der Waals surface area contributed by atoms with E-state index in [1.54, 1.807) is 6.92 Å². The second kappa shape index (κ2) is 4.52. The Bertz CT molecular complexity index is 742. The number of benzene rings is 1. The van der Waals surface area contributed by atoms with Crippen LogP contribution in [0.2, 0.25) is 0 Å². The van der Waals surface area contributed by atoms with Crippen molar-refractivity contribution in [3.05, 3.63) is 41.6 Å². The van der Waals surface area contributed by atoms with E-state index in [1.807, 2.05) is 30.5 Å². The number of ether oxygens (including phenoxy) is 2. The Labute approximate surface area is 133 Å². The quantitative estimate of drug-likeness (QED) is 0.787. The van der Waals surface area contributed by atoms with Gasteiger partial charge in [-0.05, 0) is 24.1 Å². The highest BCUT2D eigenvalue weighted by molar-refractivity contribution is 5.91. The number of fused-ring (bicyclic) bond motifs is 8. The van der Waals surface area contributed by atoms with Crippen molar-refractivity contribution in [1.82, 2.24) is 4.90 Å². The van der Waals surface area contributed by atoms with Crippen molar-refractivity contribution in [2.45, 2.75) is 31.4 Å². The molecular formula is C18H17NO4. The van der Waals surface area contributed by atoms with Crippen LogP contribution in [0.4, 0.5) is 0 Å². The number of carbonyl (C=O) groups excluding carboxylic acids is 2. The third-order valence-electron chi connectivity index (χ3n) is 5.62. The van der Waals surface area contributed by atoms with Gasteiger partial charge in [0.1, 0.15) is 0 Å². The molecule has 2 bridgehead atoms. The van der Waals surface area contributed by atoms with E-state index in [9.17, 15) is 9.59 Å². The molecule has 5 heteroatoms. The van der Waals surface area contributed by atoms with Gasteiger partial charge in [-0.2, -0.15) is 0 Å². The lowest BCUT2D eigenvalue weighted by molar-refractivity contribution is -0.165. The fraction of sp³-hybridized carbons (Fsp3) is 0.444. The highest BCUT2D eigenvalue weighted by Gasteiger charge is 2.63. The predicted octanol–water partition coefficient (Wildman–Crippen LogP) is 1.54. The molecule has 118 valence electrons. The largest absolute Gasteiger partial charge is 0.359 e. The van der Waals surface area contributed by atoms with Crippen molar-refractivity contribution in [3.8, 4) is 0 Å². The molecule has 0 amide bonds. The molecule has 0 unspecified atom stereocenters. The first-order valence-electron chi connectivity index (χ1n) is 8.02. The van der Waals surface area contributed by atoms with Gasteiger partial charge in [0.2, 0.25) is 6.29 Å². The zero-order valence-corrected chi connectivity index (χ0v) is 12.7. The number of hydrogen-bond donors (Lipinski definition) is 0. The number of carbonyl (C=O) groups is 2. The summed E-state index contributed by atoms with van der Waals surface area (Å²) >= 11 is 0. The number of Topliss-reactive ketones (excluding diaryl/α,β-unsaturated/α-hetero) is 2. The Hall–Kier alpha value is -1.98. The van der Waals surface area contributed by atoms with E-state index in [4.69, 9.17) is 9.47 Å². The molecule has 1 aromatic carbocycles. The van der Waals surface area contributed by atoms with Crippen molar-refractivity contribution in [2.24, 2.45) is 11.8 Å². The fourth-order valence-corrected chi connectivity index (χ4v) is 4.79. The van der Waals surface area contributed by atoms with Gasteiger partial charge in [0.15, 0.2) is 11.6 Å². The van der Waals surface area contributed by atoms with Crippen molar-refractivity contribution in [2.75, 3.05) is 6.61 Å². The zero-order chi connectivity index (χ0) is 15.7. The second-order valence-electron chi connectivity index (χ2n) is 6.74. The van der Waals surface area contributed by atoms with E-state index in [1.165, 1.54) is 0 Å². The second-order valence-corrected chi connectivity index (χ2v) is 6.74. The van der Waals surface area contributed by atoms with Crippen LogP contribution in [-0.2, 0) is 19.1 Å². The van der Waals surface area contributed by atoms with Gasteiger partial charge in [-0.25, -0.2) is 0 Å². The standard InChI is InChI=1S/C18H17NO4/c1-9(20)15-13-12-8-22-18(23-12)17(21)14(13)16-11-5-3-2-4-10(11)6-7-19(15)16/h2-7,12-16,18H,8H2,1H3/t12-,13+,14+,15+,16+,18-/m1/s1. The van der Waals surface area contributed by atoms with Crippen LogP contribution < -0.4 is 0 Å². The Morgan fingerprint density at radius 2 is 2.13 bits per heavy atom. The van der Waals surface area contributed by atoms with E-state index in [-0.39, 0.29) is 41.6 Å². The smallest absolute Gasteiger partial charge is 0.218 e. The monoisotopic (exact) mass is 311 g/mol. The first kappa shape index (κ1) is 13.5. The Balaban J connectivity index is 1.70. The molecule has 0 aliphatic carbocycles. The maximum Gasteiger partial charge on any atom is 0.218 e. The molecule has 3 saturated heterocycles. The molecule has 0 N–H and O–H groups in total. The van der Waals surface area contributed by atoms with Gasteiger partial charge >= 0.3 is 0 Å². The summed E-state index contributed by atoms with van der Waals surface area (Å²) in [7, 11) is 0. The van der Waals surface area contributed by atoms with E-state index in [0.717, 1.165) is 11.1 Å². The molecule has 6 atom stereocenters. The number of nitrogens with zero attached hydrogens (tertiary/aromatic N) is 1. The van der Waals surface area contributed by atoms with Crippen LogP contribution >= 0.6 is 0 Å². The maximum atomic E-state index is 12.9. The molecule has 0 radical (unpaired) electrons. The SMILES string of the molecule is CC(=O)[C@H]1[C@@H]2[C@H](C(=O)[C@@H]3OC[C@H]2O3)[C@@H]2c3ccccc3C=CN12. The van der Waals surface area contributed by atoms with Crippen LogP contribution in [0.1, 0.15) is 24.1 Å². The van der Waals surface area contributed by atoms with Crippen molar-refractivity contribution in [3.63, 3.8) is 0 Å². The van der Waals surface area contributed by atoms with Gasteiger partial charge in [-0.3, -0.25) is 9.59 Å². The first-order chi connectivity index (χ1) is 11.2. The van der Waals surface area contributed by atoms with Gasteiger partial charge in [0, 0.05) is 12.1 Å². The normalized spacial score (nSPS) is 39.9. The molecule has 3 fully saturated rings. The topological polar surface area (TPSA) is 55.8 Å². The minimum Gasteiger partial charge on any atom is -0.359 e. The molecule has 5 rings (SSSR count). The summed E-state index contributed by atoms with van der Waals surface area (Å²) in [5.41, 5.74) is 2.23. The third kappa shape index (κ3) is 1.64. The Morgan fingerprint density at radius 1 is 1.30 bits per heavy atom. The highest BCUT2D eigenvalue weighted by Crippen LogP contribution is 2.54. The lowest BCUT2D eigenvalue weighted by Crippen LogP contribution is -2.47. The minimum absolute atomic E-state index is 0.0207. The predicted molar refractivity (Wildman–Crippen MR) is 81.1 cm³/mol. The molecule has 4 aliphatic heterocycles. The molecular weight excluding hydrogens is 294 g/mol. The van der Waals surface area contributed by atoms with E-state index < -0.39 is 6.29 Å². The van der Waals surface area contributed by atoms with Crippen molar-refractivity contribution >= 4 is 17.6 Å². The van der Waals surface area contributed by atoms with Gasteiger partial charge in [-0.1, -0.05) is 24.3 Å². The van der Waals surface area contributed by atoms with Gasteiger partial charge in [-0.15, -0.1) is 0 Å². The van der Waals surface area contributed by atoms with E-state index in [0.29, 0.717) is 6.61 Å². The van der Waals surface area contributed by atoms with Crippen LogP contribution in [0.15, 0.2) is 30.5 Å². The lowest BCUT2D eigenvalue weighted by atomic mass is 9.76. The van der Waals surface area contributed by atoms with Gasteiger partial charge in [0.25, 0.3) is 0 Å². The molecule has 1 aromatic rings. The molecule has 0 saturated carbocycles. The van der Waals surface area contributed by atoms with Gasteiger partial charge in [0.05, 0.1) is 30.7 Å². The lowest BCUT2D eigenvalue weighted by Gasteiger charge is -2.34. The van der Waals surface area contributed by atoms with Crippen LogP contribution in [0.3, 0.4) is 0 Å². The fourth-order valence-electron chi connectivity index (χ4n) is 4.79. The van der Waals surface area contributed by atoms with Crippen LogP contribution in [0, 0.1) is 11.8 Å². The van der Waals surface area contributed by atoms with Crippen LogP contribution in [0.25, 0.3) is 6.08 Å². The number of ketones is 2. The molecule has 0 spiro atoms. The summed E-state index contributed by atoms with van der Waals surface area (Å²) < 4.78 is 11.2. The zero-order valence-electron chi connectivity index (χ0n) is 12.7. The summed E-state index contributed by atoms with van der Waals surface area (Å²) in [5, 5.41) is 0. The first-order valence-corrected chi connectivity index (χ1v) is 8.02. The Morgan fingerprint density at radius 3 is 2.96 bits per heavy atom. The van der Waals surface area contributed by atoms with Crippen molar-refractivity contribution < 1.29 is 19.1 Å². The summed E-state index contributed by atoms with van der Waals surface area (Å²) in [6.45, 7) is 2.00. The minimum atomic E-state index is -0.758. The molecule has 23 heavy (non-hydrogen) atoms. The molecule has 5 nitrogen and oxygen atoms in total. The number of hydrogen-bond acceptors (Lipinski definition) is 5. The Kier molecular flexibility index (Phi) is 2.65. The highest BCUT2D eigenvalue weighted by atomic mass is 16.7. The third-order valence-corrected chi connectivity index (χ3v) is 5.62. The molecule has 4 heterocycles. The summed E-state index contributed by atoms with van der Waals surface area (Å²) in [6, 6.07) is 7.66. The van der Waals surface area contributed by atoms with E-state index >= 15 is 0 Å². The average molecular weight is 311 g/mol. The summed E-state index contributed by atoms with van der Waals surface area (Å²) in [5.74, 6) is -0.332. The molecule has 0 aromatic heterocycles. The van der Waals surface area contributed by atoms with Crippen molar-refractivity contribution in [1.29, 1.82) is 0 Å². The molecule has 4 aliphatic rings.